The fourth-order valence-electron chi connectivity index (χ4n) is 2.79. The molecule has 130 valence electrons. The maximum atomic E-state index is 5.80. The van der Waals surface area contributed by atoms with Crippen LogP contribution in [-0.2, 0) is 6.54 Å². The van der Waals surface area contributed by atoms with Crippen molar-refractivity contribution in [3.63, 3.8) is 0 Å². The van der Waals surface area contributed by atoms with Crippen LogP contribution in [0.5, 0.6) is 5.88 Å². The van der Waals surface area contributed by atoms with E-state index in [1.54, 1.807) is 12.4 Å². The van der Waals surface area contributed by atoms with E-state index in [4.69, 9.17) is 9.26 Å². The second-order valence-electron chi connectivity index (χ2n) is 6.20. The lowest BCUT2D eigenvalue weighted by molar-refractivity contribution is 0.232. The van der Waals surface area contributed by atoms with E-state index in [2.05, 4.69) is 29.9 Å². The van der Waals surface area contributed by atoms with E-state index >= 15 is 0 Å². The second kappa shape index (κ2) is 7.57. The zero-order valence-electron chi connectivity index (χ0n) is 14.5. The van der Waals surface area contributed by atoms with Crippen LogP contribution in [0.15, 0.2) is 16.9 Å². The van der Waals surface area contributed by atoms with Gasteiger partial charge in [-0.05, 0) is 20.3 Å². The van der Waals surface area contributed by atoms with Crippen LogP contribution in [0.2, 0.25) is 0 Å². The van der Waals surface area contributed by atoms with Crippen molar-refractivity contribution in [3.8, 4) is 5.88 Å². The Morgan fingerprint density at radius 3 is 2.75 bits per heavy atom. The molecule has 0 aliphatic carbocycles. The van der Waals surface area contributed by atoms with Crippen molar-refractivity contribution in [2.75, 3.05) is 31.1 Å². The molecule has 1 saturated heterocycles. The Labute approximate surface area is 141 Å². The minimum atomic E-state index is 0.0744. The largest absolute Gasteiger partial charge is 0.472 e. The minimum absolute atomic E-state index is 0.0744. The summed E-state index contributed by atoms with van der Waals surface area (Å²) < 4.78 is 10.9. The molecule has 0 aromatic carbocycles. The highest BCUT2D eigenvalue weighted by Crippen LogP contribution is 2.24. The van der Waals surface area contributed by atoms with Gasteiger partial charge in [0.15, 0.2) is 11.6 Å². The molecule has 8 nitrogen and oxygen atoms in total. The lowest BCUT2D eigenvalue weighted by atomic mass is 10.3. The highest BCUT2D eigenvalue weighted by atomic mass is 16.5. The first-order valence-electron chi connectivity index (χ1n) is 8.36. The zero-order valence-corrected chi connectivity index (χ0v) is 14.5. The average molecular weight is 332 g/mol. The summed E-state index contributed by atoms with van der Waals surface area (Å²) >= 11 is 0. The van der Waals surface area contributed by atoms with Crippen LogP contribution in [0.4, 0.5) is 5.82 Å². The molecule has 1 aliphatic rings. The topological polar surface area (TPSA) is 80.4 Å². The van der Waals surface area contributed by atoms with Gasteiger partial charge in [0.25, 0.3) is 5.88 Å². The van der Waals surface area contributed by atoms with E-state index < -0.39 is 0 Å². The number of aryl methyl sites for hydroxylation is 1. The Morgan fingerprint density at radius 2 is 2.00 bits per heavy atom. The smallest absolute Gasteiger partial charge is 0.257 e. The normalized spacial score (nSPS) is 16.4. The van der Waals surface area contributed by atoms with Crippen molar-refractivity contribution in [2.45, 2.75) is 39.8 Å². The van der Waals surface area contributed by atoms with E-state index in [0.717, 1.165) is 44.2 Å². The summed E-state index contributed by atoms with van der Waals surface area (Å²) in [4.78, 5) is 17.7. The highest BCUT2D eigenvalue weighted by Gasteiger charge is 2.21. The molecule has 0 amide bonds. The lowest BCUT2D eigenvalue weighted by Gasteiger charge is -2.24. The zero-order chi connectivity index (χ0) is 16.9. The van der Waals surface area contributed by atoms with E-state index in [-0.39, 0.29) is 6.10 Å². The van der Waals surface area contributed by atoms with Gasteiger partial charge in [0.1, 0.15) is 0 Å². The van der Waals surface area contributed by atoms with Gasteiger partial charge in [0.2, 0.25) is 5.89 Å². The summed E-state index contributed by atoms with van der Waals surface area (Å²) in [6.45, 7) is 10.2. The standard InChI is InChI=1S/C16H24N6O2/c1-12(2)23-16-15(17-5-6-18-16)22-8-4-7-21(9-10-22)11-14-19-13(3)24-20-14/h5-6,12H,4,7-11H2,1-3H3. The number of anilines is 1. The third-order valence-electron chi connectivity index (χ3n) is 3.82. The summed E-state index contributed by atoms with van der Waals surface area (Å²) in [5, 5.41) is 3.98. The van der Waals surface area contributed by atoms with Crippen molar-refractivity contribution >= 4 is 5.82 Å². The molecule has 0 N–H and O–H groups in total. The van der Waals surface area contributed by atoms with Gasteiger partial charge in [-0.25, -0.2) is 9.97 Å². The number of hydrogen-bond acceptors (Lipinski definition) is 8. The van der Waals surface area contributed by atoms with E-state index in [1.807, 2.05) is 20.8 Å². The fraction of sp³-hybridized carbons (Fsp3) is 0.625. The molecule has 8 heteroatoms. The summed E-state index contributed by atoms with van der Waals surface area (Å²) in [5.41, 5.74) is 0. The average Bonchev–Trinajstić information content (AvgIpc) is 2.81. The summed E-state index contributed by atoms with van der Waals surface area (Å²) in [6.07, 6.45) is 4.50. The molecule has 1 aliphatic heterocycles. The van der Waals surface area contributed by atoms with Gasteiger partial charge in [-0.3, -0.25) is 4.90 Å². The second-order valence-corrected chi connectivity index (χ2v) is 6.20. The van der Waals surface area contributed by atoms with Gasteiger partial charge in [-0.2, -0.15) is 4.98 Å². The van der Waals surface area contributed by atoms with Crippen molar-refractivity contribution in [2.24, 2.45) is 0 Å². The number of ether oxygens (including phenoxy) is 1. The molecule has 24 heavy (non-hydrogen) atoms. The molecule has 0 bridgehead atoms. The number of hydrogen-bond donors (Lipinski definition) is 0. The van der Waals surface area contributed by atoms with Gasteiger partial charge in [-0.15, -0.1) is 0 Å². The summed E-state index contributed by atoms with van der Waals surface area (Å²) in [5.74, 6) is 2.78. The number of aromatic nitrogens is 4. The highest BCUT2D eigenvalue weighted by molar-refractivity contribution is 5.48. The summed E-state index contributed by atoms with van der Waals surface area (Å²) in [6, 6.07) is 0. The predicted molar refractivity (Wildman–Crippen MR) is 88.9 cm³/mol. The van der Waals surface area contributed by atoms with Crippen LogP contribution in [-0.4, -0.2) is 57.3 Å². The molecule has 2 aromatic heterocycles. The van der Waals surface area contributed by atoms with Crippen LogP contribution in [0, 0.1) is 6.92 Å². The van der Waals surface area contributed by atoms with Gasteiger partial charge in [-0.1, -0.05) is 5.16 Å². The van der Waals surface area contributed by atoms with Gasteiger partial charge in [0, 0.05) is 45.5 Å². The van der Waals surface area contributed by atoms with Crippen molar-refractivity contribution < 1.29 is 9.26 Å². The Kier molecular flexibility index (Phi) is 5.24. The maximum absolute atomic E-state index is 5.80. The van der Waals surface area contributed by atoms with Crippen molar-refractivity contribution in [1.82, 2.24) is 25.0 Å². The Balaban J connectivity index is 1.65. The lowest BCUT2D eigenvalue weighted by Crippen LogP contribution is -2.31. The van der Waals surface area contributed by atoms with Gasteiger partial charge in [0.05, 0.1) is 12.6 Å². The number of nitrogens with zero attached hydrogens (tertiary/aromatic N) is 6. The first kappa shape index (κ1) is 16.6. The van der Waals surface area contributed by atoms with E-state index in [9.17, 15) is 0 Å². The van der Waals surface area contributed by atoms with Crippen LogP contribution in [0.25, 0.3) is 0 Å². The monoisotopic (exact) mass is 332 g/mol. The van der Waals surface area contributed by atoms with Crippen LogP contribution in [0.3, 0.4) is 0 Å². The maximum Gasteiger partial charge on any atom is 0.257 e. The molecule has 3 rings (SSSR count). The van der Waals surface area contributed by atoms with Crippen LogP contribution in [0.1, 0.15) is 32.0 Å². The van der Waals surface area contributed by atoms with Crippen molar-refractivity contribution in [3.05, 3.63) is 24.1 Å². The summed E-state index contributed by atoms with van der Waals surface area (Å²) in [7, 11) is 0. The first-order chi connectivity index (χ1) is 11.6. The van der Waals surface area contributed by atoms with E-state index in [1.165, 1.54) is 0 Å². The Bertz CT molecular complexity index is 660. The molecule has 2 aromatic rings. The van der Waals surface area contributed by atoms with Crippen molar-refractivity contribution in [1.29, 1.82) is 0 Å². The number of rotatable bonds is 5. The van der Waals surface area contributed by atoms with Gasteiger partial charge < -0.3 is 14.2 Å². The quantitative estimate of drug-likeness (QED) is 0.818. The first-order valence-corrected chi connectivity index (χ1v) is 8.36. The minimum Gasteiger partial charge on any atom is -0.472 e. The molecule has 1 fully saturated rings. The Hall–Kier alpha value is -2.22. The third-order valence-corrected chi connectivity index (χ3v) is 3.82. The molecular formula is C16H24N6O2. The molecule has 0 saturated carbocycles. The molecule has 0 unspecified atom stereocenters. The molecule has 0 radical (unpaired) electrons. The third kappa shape index (κ3) is 4.19. The SMILES string of the molecule is Cc1nc(CN2CCCN(c3nccnc3OC(C)C)CC2)no1. The molecule has 3 heterocycles. The predicted octanol–water partition coefficient (Wildman–Crippen LogP) is 1.67. The molecule has 0 spiro atoms. The molecular weight excluding hydrogens is 308 g/mol. The van der Waals surface area contributed by atoms with Gasteiger partial charge >= 0.3 is 0 Å². The Morgan fingerprint density at radius 1 is 1.17 bits per heavy atom. The van der Waals surface area contributed by atoms with E-state index in [0.29, 0.717) is 18.3 Å². The molecule has 0 atom stereocenters. The van der Waals surface area contributed by atoms with Crippen LogP contribution < -0.4 is 9.64 Å². The fourth-order valence-corrected chi connectivity index (χ4v) is 2.79. The van der Waals surface area contributed by atoms with Crippen LogP contribution >= 0.6 is 0 Å².